The van der Waals surface area contributed by atoms with Gasteiger partial charge in [0.15, 0.2) is 5.82 Å². The smallest absolute Gasteiger partial charge is 0.310 e. The first kappa shape index (κ1) is 24.2. The number of benzene rings is 2. The number of aromatic amines is 1. The zero-order valence-corrected chi connectivity index (χ0v) is 18.4. The Bertz CT molecular complexity index is 1150. The fourth-order valence-electron chi connectivity index (χ4n) is 3.00. The maximum atomic E-state index is 13.9. The molecule has 3 aromatic rings. The van der Waals surface area contributed by atoms with Crippen LogP contribution in [-0.2, 0) is 6.18 Å². The molecule has 2 aromatic carbocycles. The van der Waals surface area contributed by atoms with Crippen molar-refractivity contribution < 1.29 is 22.4 Å². The molecule has 0 saturated heterocycles. The van der Waals surface area contributed by atoms with Gasteiger partial charge in [-0.1, -0.05) is 26.0 Å². The van der Waals surface area contributed by atoms with E-state index in [1.54, 1.807) is 25.1 Å². The molecule has 1 heterocycles. The number of nitrogens with one attached hydrogen (secondary N) is 2. The van der Waals surface area contributed by atoms with Gasteiger partial charge in [0.2, 0.25) is 0 Å². The molecule has 0 atom stereocenters. The molecule has 0 saturated carbocycles. The number of hydrogen-bond donors (Lipinski definition) is 2. The van der Waals surface area contributed by atoms with Crippen LogP contribution in [0, 0.1) is 18.7 Å². The standard InChI is InChI=1S/C24H24F4N4O/c1-14(2)4-11-21(30-23(33)16-7-9-18(10-8-16)24(26,27)28)29-22-13-20(31-32-22)17-6-5-15(3)19(25)12-17/h5-10,12-14H,4,11H2,1-3H3,(H2,29,30,31,32,33). The van der Waals surface area contributed by atoms with Crippen LogP contribution in [0.2, 0.25) is 0 Å². The van der Waals surface area contributed by atoms with Crippen LogP contribution in [0.3, 0.4) is 0 Å². The third-order valence-corrected chi connectivity index (χ3v) is 4.99. The predicted octanol–water partition coefficient (Wildman–Crippen LogP) is 6.44. The highest BCUT2D eigenvalue weighted by atomic mass is 19.4. The van der Waals surface area contributed by atoms with E-state index in [9.17, 15) is 22.4 Å². The summed E-state index contributed by atoms with van der Waals surface area (Å²) in [5.74, 6) is 0.0545. The number of carbonyl (C=O) groups is 1. The van der Waals surface area contributed by atoms with Crippen LogP contribution in [-0.4, -0.2) is 21.9 Å². The third kappa shape index (κ3) is 6.50. The van der Waals surface area contributed by atoms with E-state index in [0.29, 0.717) is 35.0 Å². The SMILES string of the molecule is Cc1ccc(-c2cc(N=C(CCC(C)C)NC(=O)c3ccc(C(F)(F)F)cc3)n[nH]2)cc1F. The van der Waals surface area contributed by atoms with Crippen LogP contribution in [0.15, 0.2) is 53.5 Å². The Balaban J connectivity index is 1.81. The number of amides is 1. The Morgan fingerprint density at radius 1 is 1.12 bits per heavy atom. The summed E-state index contributed by atoms with van der Waals surface area (Å²) >= 11 is 0. The summed E-state index contributed by atoms with van der Waals surface area (Å²) < 4.78 is 52.2. The topological polar surface area (TPSA) is 70.1 Å². The van der Waals surface area contributed by atoms with Crippen LogP contribution in [0.5, 0.6) is 0 Å². The molecule has 3 rings (SSSR count). The first-order valence-electron chi connectivity index (χ1n) is 10.4. The second-order valence-electron chi connectivity index (χ2n) is 8.12. The lowest BCUT2D eigenvalue weighted by molar-refractivity contribution is -0.137. The number of carbonyl (C=O) groups excluding carboxylic acids is 1. The number of hydrogen-bond acceptors (Lipinski definition) is 3. The Morgan fingerprint density at radius 2 is 1.82 bits per heavy atom. The first-order valence-corrected chi connectivity index (χ1v) is 10.4. The average Bonchev–Trinajstić information content (AvgIpc) is 3.22. The van der Waals surface area contributed by atoms with E-state index in [0.717, 1.165) is 30.7 Å². The molecule has 9 heteroatoms. The summed E-state index contributed by atoms with van der Waals surface area (Å²) in [6.45, 7) is 5.71. The number of halogens is 4. The minimum Gasteiger partial charge on any atom is -0.310 e. The van der Waals surface area contributed by atoms with Crippen LogP contribution >= 0.6 is 0 Å². The number of aliphatic imine (C=N–C) groups is 1. The molecular weight excluding hydrogens is 436 g/mol. The zero-order valence-electron chi connectivity index (χ0n) is 18.4. The molecule has 1 amide bonds. The van der Waals surface area contributed by atoms with Gasteiger partial charge in [0.25, 0.3) is 5.91 Å². The predicted molar refractivity (Wildman–Crippen MR) is 119 cm³/mol. The molecule has 0 aliphatic rings. The van der Waals surface area contributed by atoms with E-state index in [1.165, 1.54) is 6.07 Å². The van der Waals surface area contributed by atoms with Crippen molar-refractivity contribution in [1.82, 2.24) is 15.5 Å². The fraction of sp³-hybridized carbons (Fsp3) is 0.292. The summed E-state index contributed by atoms with van der Waals surface area (Å²) in [5.41, 5.74) is 0.940. The number of rotatable bonds is 6. The second kappa shape index (κ2) is 9.97. The summed E-state index contributed by atoms with van der Waals surface area (Å²) in [4.78, 5) is 17.0. The van der Waals surface area contributed by atoms with Gasteiger partial charge in [0.1, 0.15) is 11.7 Å². The molecule has 0 unspecified atom stereocenters. The maximum absolute atomic E-state index is 13.9. The minimum atomic E-state index is -4.48. The molecule has 33 heavy (non-hydrogen) atoms. The van der Waals surface area contributed by atoms with Gasteiger partial charge in [-0.3, -0.25) is 9.89 Å². The highest BCUT2D eigenvalue weighted by Crippen LogP contribution is 2.29. The number of nitrogens with zero attached hydrogens (tertiary/aromatic N) is 2. The van der Waals surface area contributed by atoms with Crippen LogP contribution < -0.4 is 5.32 Å². The van der Waals surface area contributed by atoms with E-state index in [-0.39, 0.29) is 17.2 Å². The Morgan fingerprint density at radius 3 is 2.42 bits per heavy atom. The van der Waals surface area contributed by atoms with E-state index in [2.05, 4.69) is 20.5 Å². The van der Waals surface area contributed by atoms with Crippen molar-refractivity contribution in [3.8, 4) is 11.3 Å². The molecule has 0 fully saturated rings. The van der Waals surface area contributed by atoms with Gasteiger partial charge >= 0.3 is 6.18 Å². The molecule has 0 aliphatic heterocycles. The van der Waals surface area contributed by atoms with Gasteiger partial charge in [0, 0.05) is 23.6 Å². The summed E-state index contributed by atoms with van der Waals surface area (Å²) in [7, 11) is 0. The van der Waals surface area contributed by atoms with Crippen LogP contribution in [0.25, 0.3) is 11.3 Å². The summed E-state index contributed by atoms with van der Waals surface area (Å²) in [6.07, 6.45) is -3.31. The number of aryl methyl sites for hydroxylation is 1. The molecule has 1 aromatic heterocycles. The van der Waals surface area contributed by atoms with Crippen LogP contribution in [0.1, 0.15) is 48.2 Å². The van der Waals surface area contributed by atoms with Gasteiger partial charge in [-0.2, -0.15) is 18.3 Å². The summed E-state index contributed by atoms with van der Waals surface area (Å²) in [6, 6.07) is 10.4. The average molecular weight is 460 g/mol. The van der Waals surface area contributed by atoms with Gasteiger partial charge in [-0.15, -0.1) is 0 Å². The highest BCUT2D eigenvalue weighted by Gasteiger charge is 2.30. The molecule has 0 bridgehead atoms. The Kier molecular flexibility index (Phi) is 7.30. The van der Waals surface area contributed by atoms with Crippen LogP contribution in [0.4, 0.5) is 23.4 Å². The third-order valence-electron chi connectivity index (χ3n) is 4.99. The number of aromatic nitrogens is 2. The number of H-pyrrole nitrogens is 1. The molecule has 0 aliphatic carbocycles. The van der Waals surface area contributed by atoms with Gasteiger partial charge < -0.3 is 5.32 Å². The van der Waals surface area contributed by atoms with Gasteiger partial charge in [-0.05, 0) is 55.2 Å². The summed E-state index contributed by atoms with van der Waals surface area (Å²) in [5, 5.41) is 9.60. The Hall–Kier alpha value is -3.49. The molecule has 0 spiro atoms. The molecule has 2 N–H and O–H groups in total. The molecule has 174 valence electrons. The van der Waals surface area contributed by atoms with Gasteiger partial charge in [-0.25, -0.2) is 9.38 Å². The van der Waals surface area contributed by atoms with Crippen molar-refractivity contribution in [3.05, 3.63) is 71.0 Å². The zero-order chi connectivity index (χ0) is 24.2. The first-order chi connectivity index (χ1) is 15.5. The van der Waals surface area contributed by atoms with Crippen molar-refractivity contribution in [2.45, 2.75) is 39.8 Å². The van der Waals surface area contributed by atoms with Crippen molar-refractivity contribution in [3.63, 3.8) is 0 Å². The normalized spacial score (nSPS) is 12.3. The lowest BCUT2D eigenvalue weighted by Gasteiger charge is -2.11. The van der Waals surface area contributed by atoms with Crippen molar-refractivity contribution in [1.29, 1.82) is 0 Å². The van der Waals surface area contributed by atoms with Crippen molar-refractivity contribution in [2.24, 2.45) is 10.9 Å². The van der Waals surface area contributed by atoms with Crippen molar-refractivity contribution in [2.75, 3.05) is 0 Å². The number of amidine groups is 1. The molecular formula is C24H24F4N4O. The lowest BCUT2D eigenvalue weighted by atomic mass is 10.1. The van der Waals surface area contributed by atoms with E-state index in [4.69, 9.17) is 0 Å². The monoisotopic (exact) mass is 460 g/mol. The highest BCUT2D eigenvalue weighted by molar-refractivity contribution is 6.06. The molecule has 5 nitrogen and oxygen atoms in total. The fourth-order valence-corrected chi connectivity index (χ4v) is 3.00. The molecule has 0 radical (unpaired) electrons. The largest absolute Gasteiger partial charge is 0.416 e. The van der Waals surface area contributed by atoms with E-state index in [1.807, 2.05) is 13.8 Å². The van der Waals surface area contributed by atoms with E-state index >= 15 is 0 Å². The van der Waals surface area contributed by atoms with Gasteiger partial charge in [0.05, 0.1) is 11.3 Å². The second-order valence-corrected chi connectivity index (χ2v) is 8.12. The Labute approximate surface area is 188 Å². The van der Waals surface area contributed by atoms with Crippen molar-refractivity contribution >= 4 is 17.6 Å². The number of alkyl halides is 3. The lowest BCUT2D eigenvalue weighted by Crippen LogP contribution is -2.30. The maximum Gasteiger partial charge on any atom is 0.416 e. The van der Waals surface area contributed by atoms with E-state index < -0.39 is 17.6 Å². The quantitative estimate of drug-likeness (QED) is 0.253. The minimum absolute atomic E-state index is 0.0816.